The molecule has 1 N–H and O–H groups in total. The number of carboxylic acid groups (broad SMARTS) is 1. The first-order chi connectivity index (χ1) is 9.54. The fourth-order valence-electron chi connectivity index (χ4n) is 1.64. The summed E-state index contributed by atoms with van der Waals surface area (Å²) in [4.78, 5) is 26.5. The van der Waals surface area contributed by atoms with Crippen LogP contribution in [0.2, 0.25) is 5.02 Å². The molecule has 7 heteroatoms. The fourth-order valence-corrected chi connectivity index (χ4v) is 1.86. The van der Waals surface area contributed by atoms with E-state index in [1.54, 1.807) is 12.1 Å². The van der Waals surface area contributed by atoms with E-state index in [1.807, 2.05) is 0 Å². The Kier molecular flexibility index (Phi) is 4.05. The van der Waals surface area contributed by atoms with Crippen molar-refractivity contribution in [2.45, 2.75) is 6.10 Å². The number of ether oxygens (including phenoxy) is 2. The number of pyridine rings is 1. The number of rotatable bonds is 4. The van der Waals surface area contributed by atoms with Crippen LogP contribution in [0.3, 0.4) is 0 Å². The van der Waals surface area contributed by atoms with E-state index < -0.39 is 18.0 Å². The van der Waals surface area contributed by atoms with E-state index in [-0.39, 0.29) is 5.75 Å². The lowest BCUT2D eigenvalue weighted by molar-refractivity contribution is -0.161. The molecule has 0 radical (unpaired) electrons. The van der Waals surface area contributed by atoms with E-state index in [4.69, 9.17) is 21.4 Å². The molecule has 2 rings (SSSR count). The lowest BCUT2D eigenvalue weighted by atomic mass is 10.2. The van der Waals surface area contributed by atoms with Gasteiger partial charge >= 0.3 is 11.9 Å². The molecule has 0 amide bonds. The summed E-state index contributed by atoms with van der Waals surface area (Å²) in [6, 6.07) is 6.39. The maximum absolute atomic E-state index is 11.4. The van der Waals surface area contributed by atoms with E-state index in [9.17, 15) is 9.59 Å². The van der Waals surface area contributed by atoms with Crippen molar-refractivity contribution in [3.63, 3.8) is 0 Å². The molecule has 0 saturated heterocycles. The highest BCUT2D eigenvalue weighted by molar-refractivity contribution is 6.35. The van der Waals surface area contributed by atoms with Crippen LogP contribution in [0.4, 0.5) is 0 Å². The van der Waals surface area contributed by atoms with Gasteiger partial charge in [0.1, 0.15) is 11.3 Å². The number of benzene rings is 1. The van der Waals surface area contributed by atoms with Crippen molar-refractivity contribution in [3.05, 3.63) is 35.5 Å². The van der Waals surface area contributed by atoms with Gasteiger partial charge in [0.25, 0.3) is 6.10 Å². The summed E-state index contributed by atoms with van der Waals surface area (Å²) in [6.45, 7) is 0. The summed E-state index contributed by atoms with van der Waals surface area (Å²) in [5, 5.41) is 10.0. The summed E-state index contributed by atoms with van der Waals surface area (Å²) >= 11 is 6.01. The number of methoxy groups -OCH3 is 1. The summed E-state index contributed by atoms with van der Waals surface area (Å²) in [5.74, 6) is -2.31. The van der Waals surface area contributed by atoms with Crippen molar-refractivity contribution >= 4 is 34.4 Å². The second kappa shape index (κ2) is 5.75. The maximum atomic E-state index is 11.4. The number of aliphatic carboxylic acids is 1. The van der Waals surface area contributed by atoms with Crippen molar-refractivity contribution in [2.75, 3.05) is 7.11 Å². The zero-order valence-electron chi connectivity index (χ0n) is 10.4. The monoisotopic (exact) mass is 295 g/mol. The van der Waals surface area contributed by atoms with Crippen LogP contribution < -0.4 is 4.74 Å². The van der Waals surface area contributed by atoms with Crippen LogP contribution in [0.15, 0.2) is 30.5 Å². The Bertz CT molecular complexity index is 673. The first kappa shape index (κ1) is 14.1. The van der Waals surface area contributed by atoms with Crippen LogP contribution in [0, 0.1) is 0 Å². The molecule has 0 saturated carbocycles. The minimum atomic E-state index is -1.76. The molecule has 0 fully saturated rings. The Balaban J connectivity index is 2.45. The molecular formula is C13H10ClNO5. The standard InChI is InChI=1S/C13H10ClNO5/c1-19-13(18)11(12(16)17)20-9-5-4-8(14)7-3-2-6-15-10(7)9/h2-6,11H,1H3,(H,16,17). The minimum absolute atomic E-state index is 0.141. The Morgan fingerprint density at radius 3 is 2.75 bits per heavy atom. The van der Waals surface area contributed by atoms with Crippen molar-refractivity contribution in [1.29, 1.82) is 0 Å². The average Bonchev–Trinajstić information content (AvgIpc) is 2.46. The third-order valence-corrected chi connectivity index (χ3v) is 2.89. The van der Waals surface area contributed by atoms with E-state index in [0.29, 0.717) is 15.9 Å². The van der Waals surface area contributed by atoms with Gasteiger partial charge in [0.15, 0.2) is 0 Å². The number of nitrogens with zero attached hydrogens (tertiary/aromatic N) is 1. The maximum Gasteiger partial charge on any atom is 0.359 e. The van der Waals surface area contributed by atoms with Gasteiger partial charge in [0.05, 0.1) is 12.1 Å². The molecule has 0 aliphatic carbocycles. The smallest absolute Gasteiger partial charge is 0.359 e. The van der Waals surface area contributed by atoms with Gasteiger partial charge in [-0.2, -0.15) is 0 Å². The Labute approximate surface area is 118 Å². The molecule has 1 aromatic heterocycles. The predicted octanol–water partition coefficient (Wildman–Crippen LogP) is 1.89. The van der Waals surface area contributed by atoms with E-state index >= 15 is 0 Å². The van der Waals surface area contributed by atoms with Crippen molar-refractivity contribution in [3.8, 4) is 5.75 Å². The molecule has 0 aliphatic heterocycles. The number of halogens is 1. The van der Waals surface area contributed by atoms with Crippen LogP contribution in [0.1, 0.15) is 0 Å². The second-order valence-corrected chi connectivity index (χ2v) is 4.21. The zero-order chi connectivity index (χ0) is 14.7. The number of esters is 1. The Hall–Kier alpha value is -2.34. The lowest BCUT2D eigenvalue weighted by Crippen LogP contribution is -2.36. The number of hydrogen-bond donors (Lipinski definition) is 1. The van der Waals surface area contributed by atoms with E-state index in [0.717, 1.165) is 7.11 Å². The third kappa shape index (κ3) is 2.65. The molecule has 0 aliphatic rings. The number of hydrogen-bond acceptors (Lipinski definition) is 5. The molecule has 6 nitrogen and oxygen atoms in total. The molecular weight excluding hydrogens is 286 g/mol. The highest BCUT2D eigenvalue weighted by Gasteiger charge is 2.30. The molecule has 104 valence electrons. The molecule has 0 bridgehead atoms. The van der Waals surface area contributed by atoms with Crippen molar-refractivity contribution in [2.24, 2.45) is 0 Å². The zero-order valence-corrected chi connectivity index (χ0v) is 11.1. The van der Waals surface area contributed by atoms with Crippen LogP contribution in [-0.4, -0.2) is 35.2 Å². The van der Waals surface area contributed by atoms with Crippen LogP contribution in [-0.2, 0) is 14.3 Å². The van der Waals surface area contributed by atoms with Crippen LogP contribution in [0.5, 0.6) is 5.75 Å². The van der Waals surface area contributed by atoms with Gasteiger partial charge in [0, 0.05) is 11.6 Å². The Morgan fingerprint density at radius 1 is 1.35 bits per heavy atom. The molecule has 1 aromatic carbocycles. The fraction of sp³-hybridized carbons (Fsp3) is 0.154. The van der Waals surface area contributed by atoms with Gasteiger partial charge < -0.3 is 14.6 Å². The minimum Gasteiger partial charge on any atom is -0.478 e. The van der Waals surface area contributed by atoms with Gasteiger partial charge in [-0.3, -0.25) is 4.98 Å². The van der Waals surface area contributed by atoms with Crippen LogP contribution in [0.25, 0.3) is 10.9 Å². The van der Waals surface area contributed by atoms with E-state index in [1.165, 1.54) is 18.3 Å². The van der Waals surface area contributed by atoms with Crippen molar-refractivity contribution < 1.29 is 24.2 Å². The van der Waals surface area contributed by atoms with Gasteiger partial charge in [0.2, 0.25) is 0 Å². The largest absolute Gasteiger partial charge is 0.478 e. The van der Waals surface area contributed by atoms with Gasteiger partial charge in [-0.05, 0) is 24.3 Å². The summed E-state index contributed by atoms with van der Waals surface area (Å²) < 4.78 is 9.59. The number of fused-ring (bicyclic) bond motifs is 1. The molecule has 1 heterocycles. The molecule has 20 heavy (non-hydrogen) atoms. The first-order valence-corrected chi connectivity index (χ1v) is 5.93. The number of carbonyl (C=O) groups excluding carboxylic acids is 1. The Morgan fingerprint density at radius 2 is 2.10 bits per heavy atom. The molecule has 1 atom stereocenters. The average molecular weight is 296 g/mol. The predicted molar refractivity (Wildman–Crippen MR) is 70.8 cm³/mol. The van der Waals surface area contributed by atoms with Crippen LogP contribution >= 0.6 is 11.6 Å². The number of carboxylic acids is 1. The number of carbonyl (C=O) groups is 2. The summed E-state index contributed by atoms with van der Waals surface area (Å²) in [5.41, 5.74) is 0.371. The highest BCUT2D eigenvalue weighted by Crippen LogP contribution is 2.30. The SMILES string of the molecule is COC(=O)C(Oc1ccc(Cl)c2cccnc12)C(=O)O. The van der Waals surface area contributed by atoms with Gasteiger partial charge in [-0.15, -0.1) is 0 Å². The summed E-state index contributed by atoms with van der Waals surface area (Å²) in [6.07, 6.45) is -0.245. The quantitative estimate of drug-likeness (QED) is 0.685. The molecule has 0 spiro atoms. The van der Waals surface area contributed by atoms with Crippen molar-refractivity contribution in [1.82, 2.24) is 4.98 Å². The normalized spacial score (nSPS) is 11.9. The van der Waals surface area contributed by atoms with Gasteiger partial charge in [-0.1, -0.05) is 11.6 Å². The molecule has 2 aromatic rings. The topological polar surface area (TPSA) is 85.7 Å². The molecule has 1 unspecified atom stereocenters. The summed E-state index contributed by atoms with van der Waals surface area (Å²) in [7, 11) is 1.08. The first-order valence-electron chi connectivity index (χ1n) is 5.55. The highest BCUT2D eigenvalue weighted by atomic mass is 35.5. The van der Waals surface area contributed by atoms with Gasteiger partial charge in [-0.25, -0.2) is 9.59 Å². The lowest BCUT2D eigenvalue weighted by Gasteiger charge is -2.14. The third-order valence-electron chi connectivity index (χ3n) is 2.56. The van der Waals surface area contributed by atoms with E-state index in [2.05, 4.69) is 9.72 Å². The second-order valence-electron chi connectivity index (χ2n) is 3.80. The number of aromatic nitrogens is 1.